The Labute approximate surface area is 190 Å². The zero-order valence-corrected chi connectivity index (χ0v) is 18.5. The Morgan fingerprint density at radius 3 is 2.69 bits per heavy atom. The molecule has 9 heteroatoms. The number of fused-ring (bicyclic) bond motifs is 1. The lowest BCUT2D eigenvalue weighted by Gasteiger charge is -2.16. The van der Waals surface area contributed by atoms with E-state index in [4.69, 9.17) is 9.47 Å². The molecule has 1 aromatic heterocycles. The van der Waals surface area contributed by atoms with Gasteiger partial charge in [0.15, 0.2) is 22.5 Å². The first-order chi connectivity index (χ1) is 15.8. The molecule has 2 aromatic carbocycles. The molecule has 1 saturated heterocycles. The first kappa shape index (κ1) is 20.8. The molecule has 0 radical (unpaired) electrons. The van der Waals surface area contributed by atoms with Crippen molar-refractivity contribution < 1.29 is 14.3 Å². The minimum absolute atomic E-state index is 0.0589. The topological polar surface area (TPSA) is 81.5 Å². The predicted octanol–water partition coefficient (Wildman–Crippen LogP) is 3.00. The number of likely N-dealkylation sites (tertiary alicyclic amines) is 1. The molecule has 32 heavy (non-hydrogen) atoms. The number of benzene rings is 2. The van der Waals surface area contributed by atoms with Crippen molar-refractivity contribution in [2.45, 2.75) is 31.1 Å². The van der Waals surface area contributed by atoms with Crippen LogP contribution in [-0.2, 0) is 17.9 Å². The highest BCUT2D eigenvalue weighted by atomic mass is 32.2. The summed E-state index contributed by atoms with van der Waals surface area (Å²) in [5, 5.41) is 12.5. The van der Waals surface area contributed by atoms with Crippen molar-refractivity contribution in [2.24, 2.45) is 0 Å². The molecule has 1 amide bonds. The first-order valence-electron chi connectivity index (χ1n) is 10.8. The number of amides is 1. The molecule has 3 aromatic rings. The van der Waals surface area contributed by atoms with Gasteiger partial charge >= 0.3 is 0 Å². The minimum atomic E-state index is -0.0589. The monoisotopic (exact) mass is 451 g/mol. The quantitative estimate of drug-likeness (QED) is 0.527. The fourth-order valence-electron chi connectivity index (χ4n) is 3.91. The summed E-state index contributed by atoms with van der Waals surface area (Å²) in [7, 11) is 0. The third kappa shape index (κ3) is 4.73. The zero-order valence-electron chi connectivity index (χ0n) is 17.7. The highest BCUT2D eigenvalue weighted by molar-refractivity contribution is 7.99. The van der Waals surface area contributed by atoms with Crippen LogP contribution in [0.1, 0.15) is 24.2 Å². The number of hydrogen-bond donors (Lipinski definition) is 1. The lowest BCUT2D eigenvalue weighted by molar-refractivity contribution is -0.118. The van der Waals surface area contributed by atoms with E-state index in [9.17, 15) is 4.79 Å². The van der Waals surface area contributed by atoms with Gasteiger partial charge in [-0.25, -0.2) is 0 Å². The molecule has 2 aliphatic heterocycles. The molecule has 1 N–H and O–H groups in total. The molecule has 0 saturated carbocycles. The maximum atomic E-state index is 12.5. The Bertz CT molecular complexity index is 1080. The van der Waals surface area contributed by atoms with E-state index < -0.39 is 0 Å². The van der Waals surface area contributed by atoms with E-state index in [1.807, 2.05) is 48.5 Å². The van der Waals surface area contributed by atoms with Crippen LogP contribution in [0, 0.1) is 0 Å². The van der Waals surface area contributed by atoms with Crippen molar-refractivity contribution in [2.75, 3.05) is 25.6 Å². The summed E-state index contributed by atoms with van der Waals surface area (Å²) in [4.78, 5) is 14.9. The first-order valence-corrected chi connectivity index (χ1v) is 11.7. The fourth-order valence-corrected chi connectivity index (χ4v) is 4.71. The third-order valence-electron chi connectivity index (χ3n) is 5.54. The van der Waals surface area contributed by atoms with Gasteiger partial charge < -0.3 is 14.8 Å². The average molecular weight is 452 g/mol. The van der Waals surface area contributed by atoms with Crippen LogP contribution < -0.4 is 14.8 Å². The standard InChI is InChI=1S/C23H25N5O3S/c29-22(24-13-17-8-9-19-20(12-17)31-16-30-19)15-32-23-26-25-21(14-27-10-4-5-11-27)28(23)18-6-2-1-3-7-18/h1-3,6-9,12H,4-5,10-11,13-16H2,(H,24,29). The normalized spacial score (nSPS) is 15.2. The van der Waals surface area contributed by atoms with Crippen LogP contribution in [0.2, 0.25) is 0 Å². The predicted molar refractivity (Wildman–Crippen MR) is 121 cm³/mol. The number of aromatic nitrogens is 3. The average Bonchev–Trinajstić information content (AvgIpc) is 3.58. The second-order valence-electron chi connectivity index (χ2n) is 7.81. The van der Waals surface area contributed by atoms with Crippen LogP contribution in [-0.4, -0.2) is 51.2 Å². The molecule has 3 heterocycles. The molecule has 0 bridgehead atoms. The van der Waals surface area contributed by atoms with Gasteiger partial charge in [0.1, 0.15) is 0 Å². The van der Waals surface area contributed by atoms with E-state index >= 15 is 0 Å². The second kappa shape index (κ2) is 9.62. The summed E-state index contributed by atoms with van der Waals surface area (Å²) >= 11 is 1.40. The van der Waals surface area contributed by atoms with Crippen LogP contribution >= 0.6 is 11.8 Å². The molecule has 0 spiro atoms. The molecule has 0 atom stereocenters. The van der Waals surface area contributed by atoms with Crippen LogP contribution in [0.15, 0.2) is 53.7 Å². The van der Waals surface area contributed by atoms with Gasteiger partial charge in [-0.15, -0.1) is 10.2 Å². The Kier molecular flexibility index (Phi) is 6.27. The SMILES string of the molecule is O=C(CSc1nnc(CN2CCCC2)n1-c1ccccc1)NCc1ccc2c(c1)OCO2. The second-order valence-corrected chi connectivity index (χ2v) is 8.75. The number of rotatable bonds is 8. The highest BCUT2D eigenvalue weighted by Gasteiger charge is 2.20. The summed E-state index contributed by atoms with van der Waals surface area (Å²) in [6.07, 6.45) is 2.45. The van der Waals surface area contributed by atoms with Gasteiger partial charge in [0, 0.05) is 12.2 Å². The van der Waals surface area contributed by atoms with Crippen LogP contribution in [0.3, 0.4) is 0 Å². The van der Waals surface area contributed by atoms with Gasteiger partial charge in [-0.3, -0.25) is 14.3 Å². The molecule has 5 rings (SSSR count). The van der Waals surface area contributed by atoms with Crippen LogP contribution in [0.5, 0.6) is 11.5 Å². The van der Waals surface area contributed by atoms with Gasteiger partial charge in [0.2, 0.25) is 12.7 Å². The van der Waals surface area contributed by atoms with Crippen molar-refractivity contribution >= 4 is 17.7 Å². The zero-order chi connectivity index (χ0) is 21.8. The van der Waals surface area contributed by atoms with E-state index in [1.165, 1.54) is 24.6 Å². The summed E-state index contributed by atoms with van der Waals surface area (Å²) in [5.74, 6) is 2.56. The van der Waals surface area contributed by atoms with Gasteiger partial charge in [-0.05, 0) is 55.8 Å². The van der Waals surface area contributed by atoms with E-state index in [-0.39, 0.29) is 18.5 Å². The number of carbonyl (C=O) groups excluding carboxylic acids is 1. The van der Waals surface area contributed by atoms with Crippen LogP contribution in [0.25, 0.3) is 5.69 Å². The maximum absolute atomic E-state index is 12.5. The summed E-state index contributed by atoms with van der Waals surface area (Å²) in [6.45, 7) is 3.61. The molecular formula is C23H25N5O3S. The Balaban J connectivity index is 1.23. The van der Waals surface area contributed by atoms with Gasteiger partial charge in [0.05, 0.1) is 12.3 Å². The minimum Gasteiger partial charge on any atom is -0.454 e. The lowest BCUT2D eigenvalue weighted by Crippen LogP contribution is -2.24. The molecular weight excluding hydrogens is 426 g/mol. The summed E-state index contributed by atoms with van der Waals surface area (Å²) in [5.41, 5.74) is 1.97. The summed E-state index contributed by atoms with van der Waals surface area (Å²) < 4.78 is 12.8. The van der Waals surface area contributed by atoms with Gasteiger partial charge in [-0.1, -0.05) is 36.0 Å². The number of nitrogens with one attached hydrogen (secondary N) is 1. The van der Waals surface area contributed by atoms with Gasteiger partial charge in [0.25, 0.3) is 0 Å². The van der Waals surface area contributed by atoms with Crippen molar-refractivity contribution in [3.63, 3.8) is 0 Å². The highest BCUT2D eigenvalue weighted by Crippen LogP contribution is 2.32. The molecule has 166 valence electrons. The number of ether oxygens (including phenoxy) is 2. The summed E-state index contributed by atoms with van der Waals surface area (Å²) in [6, 6.07) is 15.8. The Hall–Kier alpha value is -3.04. The van der Waals surface area contributed by atoms with E-state index in [1.54, 1.807) is 0 Å². The number of carbonyl (C=O) groups is 1. The smallest absolute Gasteiger partial charge is 0.231 e. The number of nitrogens with zero attached hydrogens (tertiary/aromatic N) is 4. The van der Waals surface area contributed by atoms with Crippen molar-refractivity contribution in [3.05, 3.63) is 59.9 Å². The maximum Gasteiger partial charge on any atom is 0.231 e. The number of para-hydroxylation sites is 1. The number of thioether (sulfide) groups is 1. The Morgan fingerprint density at radius 1 is 1.03 bits per heavy atom. The van der Waals surface area contributed by atoms with Crippen molar-refractivity contribution in [3.8, 4) is 17.2 Å². The molecule has 1 fully saturated rings. The largest absolute Gasteiger partial charge is 0.454 e. The molecule has 0 unspecified atom stereocenters. The lowest BCUT2D eigenvalue weighted by atomic mass is 10.2. The van der Waals surface area contributed by atoms with Crippen molar-refractivity contribution in [1.29, 1.82) is 0 Å². The van der Waals surface area contributed by atoms with E-state index in [0.29, 0.717) is 12.3 Å². The number of hydrogen-bond acceptors (Lipinski definition) is 7. The van der Waals surface area contributed by atoms with Gasteiger partial charge in [-0.2, -0.15) is 0 Å². The van der Waals surface area contributed by atoms with Crippen LogP contribution in [0.4, 0.5) is 0 Å². The fraction of sp³-hybridized carbons (Fsp3) is 0.348. The molecule has 8 nitrogen and oxygen atoms in total. The molecule has 0 aliphatic carbocycles. The molecule has 2 aliphatic rings. The van der Waals surface area contributed by atoms with E-state index in [2.05, 4.69) is 25.0 Å². The third-order valence-corrected chi connectivity index (χ3v) is 6.47. The van der Waals surface area contributed by atoms with E-state index in [0.717, 1.165) is 47.6 Å². The van der Waals surface area contributed by atoms with Crippen molar-refractivity contribution in [1.82, 2.24) is 25.0 Å². The Morgan fingerprint density at radius 2 is 1.84 bits per heavy atom.